The third kappa shape index (κ3) is 5.20. The summed E-state index contributed by atoms with van der Waals surface area (Å²) < 4.78 is 26.3. The molecule has 6 nitrogen and oxygen atoms in total. The molecule has 0 aromatic heterocycles. The van der Waals surface area contributed by atoms with Crippen LogP contribution < -0.4 is 11.1 Å². The molecule has 3 N–H and O–H groups in total. The number of amides is 1. The summed E-state index contributed by atoms with van der Waals surface area (Å²) in [5, 5.41) is 2.79. The number of hydrogen-bond acceptors (Lipinski definition) is 4. The van der Waals surface area contributed by atoms with Crippen LogP contribution in [0.15, 0.2) is 53.4 Å². The number of nitrogens with two attached hydrogens (primary N) is 1. The lowest BCUT2D eigenvalue weighted by molar-refractivity contribution is 0.0951. The Morgan fingerprint density at radius 1 is 1.08 bits per heavy atom. The highest BCUT2D eigenvalue weighted by atomic mass is 35.5. The number of halogens is 1. The summed E-state index contributed by atoms with van der Waals surface area (Å²) in [6, 6.07) is 13.3. The van der Waals surface area contributed by atoms with Crippen molar-refractivity contribution in [3.8, 4) is 0 Å². The van der Waals surface area contributed by atoms with Gasteiger partial charge in [-0.15, -0.1) is 12.4 Å². The zero-order valence-electron chi connectivity index (χ0n) is 14.8. The van der Waals surface area contributed by atoms with Gasteiger partial charge in [0.15, 0.2) is 0 Å². The monoisotopic (exact) mass is 397 g/mol. The van der Waals surface area contributed by atoms with Gasteiger partial charge in [0.2, 0.25) is 10.0 Å². The number of nitrogens with zero attached hydrogens (tertiary/aromatic N) is 1. The number of benzene rings is 2. The zero-order valence-corrected chi connectivity index (χ0v) is 16.4. The standard InChI is InChI=1S/C18H23N3O3S.ClH/c1-3-21(4-2)25(23,24)17-10-8-14(9-11-17)13-20-18(22)15-6-5-7-16(19)12-15;/h5-12H,3-4,13,19H2,1-2H3,(H,20,22);1H. The summed E-state index contributed by atoms with van der Waals surface area (Å²) >= 11 is 0. The molecule has 2 aromatic rings. The summed E-state index contributed by atoms with van der Waals surface area (Å²) in [7, 11) is -3.46. The quantitative estimate of drug-likeness (QED) is 0.702. The zero-order chi connectivity index (χ0) is 18.4. The van der Waals surface area contributed by atoms with Crippen LogP contribution in [-0.4, -0.2) is 31.7 Å². The summed E-state index contributed by atoms with van der Waals surface area (Å²) in [4.78, 5) is 12.3. The van der Waals surface area contributed by atoms with E-state index in [0.29, 0.717) is 30.9 Å². The van der Waals surface area contributed by atoms with E-state index < -0.39 is 10.0 Å². The van der Waals surface area contributed by atoms with Gasteiger partial charge in [-0.05, 0) is 35.9 Å². The van der Waals surface area contributed by atoms with Crippen LogP contribution in [0.4, 0.5) is 5.69 Å². The fraction of sp³-hybridized carbons (Fsp3) is 0.278. The van der Waals surface area contributed by atoms with Crippen LogP contribution in [0.5, 0.6) is 0 Å². The SMILES string of the molecule is CCN(CC)S(=O)(=O)c1ccc(CNC(=O)c2cccc(N)c2)cc1.Cl. The van der Waals surface area contributed by atoms with Gasteiger partial charge in [0.05, 0.1) is 4.90 Å². The van der Waals surface area contributed by atoms with E-state index in [1.54, 1.807) is 62.4 Å². The van der Waals surface area contributed by atoms with E-state index in [1.165, 1.54) is 4.31 Å². The lowest BCUT2D eigenvalue weighted by Crippen LogP contribution is -2.30. The molecule has 2 rings (SSSR count). The maximum absolute atomic E-state index is 12.4. The largest absolute Gasteiger partial charge is 0.399 e. The molecule has 0 atom stereocenters. The molecule has 0 unspecified atom stereocenters. The number of rotatable bonds is 7. The van der Waals surface area contributed by atoms with Gasteiger partial charge in [-0.25, -0.2) is 8.42 Å². The number of carbonyl (C=O) groups excluding carboxylic acids is 1. The van der Waals surface area contributed by atoms with Gasteiger partial charge < -0.3 is 11.1 Å². The molecule has 0 spiro atoms. The first-order valence-electron chi connectivity index (χ1n) is 8.11. The third-order valence-electron chi connectivity index (χ3n) is 3.87. The van der Waals surface area contributed by atoms with Crippen molar-refractivity contribution >= 4 is 34.0 Å². The van der Waals surface area contributed by atoms with Crippen molar-refractivity contribution in [2.24, 2.45) is 0 Å². The molecule has 2 aromatic carbocycles. The summed E-state index contributed by atoms with van der Waals surface area (Å²) in [5.74, 6) is -0.230. The van der Waals surface area contributed by atoms with Crippen molar-refractivity contribution in [2.45, 2.75) is 25.3 Å². The molecule has 26 heavy (non-hydrogen) atoms. The smallest absolute Gasteiger partial charge is 0.251 e. The molecule has 1 amide bonds. The van der Waals surface area contributed by atoms with E-state index in [-0.39, 0.29) is 23.2 Å². The molecule has 0 aliphatic heterocycles. The van der Waals surface area contributed by atoms with Gasteiger partial charge in [-0.3, -0.25) is 4.79 Å². The highest BCUT2D eigenvalue weighted by Gasteiger charge is 2.21. The average molecular weight is 398 g/mol. The summed E-state index contributed by atoms with van der Waals surface area (Å²) in [5.41, 5.74) is 7.50. The first kappa shape index (κ1) is 22.0. The van der Waals surface area contributed by atoms with Crippen molar-refractivity contribution < 1.29 is 13.2 Å². The second-order valence-corrected chi connectivity index (χ2v) is 7.48. The minimum atomic E-state index is -3.46. The van der Waals surface area contributed by atoms with Crippen molar-refractivity contribution in [3.05, 3.63) is 59.7 Å². The van der Waals surface area contributed by atoms with E-state index in [9.17, 15) is 13.2 Å². The highest BCUT2D eigenvalue weighted by molar-refractivity contribution is 7.89. The van der Waals surface area contributed by atoms with E-state index in [0.717, 1.165) is 5.56 Å². The minimum Gasteiger partial charge on any atom is -0.399 e. The van der Waals surface area contributed by atoms with Crippen LogP contribution in [0.2, 0.25) is 0 Å². The second-order valence-electron chi connectivity index (χ2n) is 5.54. The molecule has 0 radical (unpaired) electrons. The molecule has 0 saturated heterocycles. The number of anilines is 1. The van der Waals surface area contributed by atoms with Gasteiger partial charge in [-0.2, -0.15) is 4.31 Å². The van der Waals surface area contributed by atoms with Gasteiger partial charge in [0, 0.05) is 30.9 Å². The predicted molar refractivity (Wildman–Crippen MR) is 106 cm³/mol. The fourth-order valence-electron chi connectivity index (χ4n) is 2.46. The van der Waals surface area contributed by atoms with E-state index in [2.05, 4.69) is 5.32 Å². The molecule has 0 fully saturated rings. The van der Waals surface area contributed by atoms with Gasteiger partial charge in [0.1, 0.15) is 0 Å². The lowest BCUT2D eigenvalue weighted by atomic mass is 10.2. The molecule has 0 aliphatic carbocycles. The molecular formula is C18H24ClN3O3S. The van der Waals surface area contributed by atoms with Crippen LogP contribution in [-0.2, 0) is 16.6 Å². The molecular weight excluding hydrogens is 374 g/mol. The van der Waals surface area contributed by atoms with E-state index in [1.807, 2.05) is 0 Å². The molecule has 0 heterocycles. The normalized spacial score (nSPS) is 11.0. The second kappa shape index (κ2) is 9.56. The molecule has 142 valence electrons. The summed E-state index contributed by atoms with van der Waals surface area (Å²) in [6.45, 7) is 4.77. The van der Waals surface area contributed by atoms with E-state index in [4.69, 9.17) is 5.73 Å². The Kier molecular flexibility index (Phi) is 8.08. The van der Waals surface area contributed by atoms with Gasteiger partial charge in [-0.1, -0.05) is 32.0 Å². The minimum absolute atomic E-state index is 0. The Morgan fingerprint density at radius 2 is 1.69 bits per heavy atom. The van der Waals surface area contributed by atoms with Crippen LogP contribution >= 0.6 is 12.4 Å². The van der Waals surface area contributed by atoms with Crippen molar-refractivity contribution in [1.29, 1.82) is 0 Å². The van der Waals surface area contributed by atoms with Gasteiger partial charge >= 0.3 is 0 Å². The maximum atomic E-state index is 12.4. The van der Waals surface area contributed by atoms with Crippen molar-refractivity contribution in [1.82, 2.24) is 9.62 Å². The van der Waals surface area contributed by atoms with Crippen LogP contribution in [0.25, 0.3) is 0 Å². The van der Waals surface area contributed by atoms with Gasteiger partial charge in [0.25, 0.3) is 5.91 Å². The average Bonchev–Trinajstić information content (AvgIpc) is 2.61. The lowest BCUT2D eigenvalue weighted by Gasteiger charge is -2.18. The third-order valence-corrected chi connectivity index (χ3v) is 5.93. The first-order chi connectivity index (χ1) is 11.9. The molecule has 0 bridgehead atoms. The van der Waals surface area contributed by atoms with Crippen LogP contribution in [0, 0.1) is 0 Å². The van der Waals surface area contributed by atoms with E-state index >= 15 is 0 Å². The molecule has 0 aliphatic rings. The first-order valence-corrected chi connectivity index (χ1v) is 9.55. The predicted octanol–water partition coefficient (Wildman–Crippen LogP) is 2.65. The van der Waals surface area contributed by atoms with Crippen molar-refractivity contribution in [3.63, 3.8) is 0 Å². The van der Waals surface area contributed by atoms with Crippen LogP contribution in [0.3, 0.4) is 0 Å². The van der Waals surface area contributed by atoms with Crippen LogP contribution in [0.1, 0.15) is 29.8 Å². The number of carbonyl (C=O) groups is 1. The number of hydrogen-bond donors (Lipinski definition) is 2. The Hall–Kier alpha value is -2.09. The number of nitrogens with one attached hydrogen (secondary N) is 1. The topological polar surface area (TPSA) is 92.5 Å². The fourth-order valence-corrected chi connectivity index (χ4v) is 3.91. The number of nitrogen functional groups attached to an aromatic ring is 1. The Balaban J connectivity index is 0.00000338. The highest BCUT2D eigenvalue weighted by Crippen LogP contribution is 2.16. The Bertz CT molecular complexity index is 835. The van der Waals surface area contributed by atoms with Crippen molar-refractivity contribution in [2.75, 3.05) is 18.8 Å². The summed E-state index contributed by atoms with van der Waals surface area (Å²) in [6.07, 6.45) is 0. The number of sulfonamides is 1. The Labute approximate surface area is 160 Å². The molecule has 8 heteroatoms. The Morgan fingerprint density at radius 3 is 2.23 bits per heavy atom. The molecule has 0 saturated carbocycles. The maximum Gasteiger partial charge on any atom is 0.251 e.